The Labute approximate surface area is 81.7 Å². The van der Waals surface area contributed by atoms with Crippen LogP contribution in [0.25, 0.3) is 11.5 Å². The minimum absolute atomic E-state index is 0.456. The van der Waals surface area contributed by atoms with E-state index >= 15 is 0 Å². The molecule has 2 aromatic rings. The molecule has 5 heteroatoms. The second-order valence-electron chi connectivity index (χ2n) is 3.04. The molecule has 0 atom stereocenters. The average Bonchev–Trinajstić information content (AvgIpc) is 2.74. The van der Waals surface area contributed by atoms with Crippen LogP contribution in [0.15, 0.2) is 18.3 Å². The van der Waals surface area contributed by atoms with Crippen molar-refractivity contribution in [2.45, 2.75) is 6.61 Å². The van der Waals surface area contributed by atoms with E-state index in [1.54, 1.807) is 7.11 Å². The molecule has 2 heterocycles. The van der Waals surface area contributed by atoms with Crippen LogP contribution in [0.3, 0.4) is 0 Å². The van der Waals surface area contributed by atoms with Crippen LogP contribution in [0.2, 0.25) is 0 Å². The molecule has 5 nitrogen and oxygen atoms in total. The van der Waals surface area contributed by atoms with Gasteiger partial charge in [0.1, 0.15) is 6.61 Å². The largest absolute Gasteiger partial charge is 0.377 e. The van der Waals surface area contributed by atoms with Crippen LogP contribution >= 0.6 is 0 Å². The van der Waals surface area contributed by atoms with Gasteiger partial charge in [0, 0.05) is 20.4 Å². The zero-order valence-electron chi connectivity index (χ0n) is 8.19. The van der Waals surface area contributed by atoms with E-state index in [9.17, 15) is 0 Å². The van der Waals surface area contributed by atoms with Crippen LogP contribution in [0, 0.1) is 0 Å². The van der Waals surface area contributed by atoms with Gasteiger partial charge in [-0.1, -0.05) is 0 Å². The molecule has 0 aliphatic rings. The zero-order chi connectivity index (χ0) is 9.97. The van der Waals surface area contributed by atoms with Gasteiger partial charge in [-0.25, -0.2) is 4.98 Å². The first-order chi connectivity index (χ1) is 6.81. The van der Waals surface area contributed by atoms with Crippen molar-refractivity contribution in [2.75, 3.05) is 7.11 Å². The summed E-state index contributed by atoms with van der Waals surface area (Å²) in [6.07, 6.45) is 1.96. The molecule has 0 aromatic carbocycles. The standard InChI is InChI=1S/C9H12N4O/c1-13-5-3-4-7(13)9-10-8(6-14-2)11-12-9/h3-5H,6H2,1-2H3,(H,10,11,12). The highest BCUT2D eigenvalue weighted by Gasteiger charge is 2.07. The van der Waals surface area contributed by atoms with Gasteiger partial charge in [-0.2, -0.15) is 5.10 Å². The van der Waals surface area contributed by atoms with Gasteiger partial charge in [0.05, 0.1) is 5.69 Å². The molecule has 0 bridgehead atoms. The average molecular weight is 192 g/mol. The molecule has 0 amide bonds. The third kappa shape index (κ3) is 1.54. The smallest absolute Gasteiger partial charge is 0.197 e. The second kappa shape index (κ2) is 3.63. The Hall–Kier alpha value is -1.62. The second-order valence-corrected chi connectivity index (χ2v) is 3.04. The Bertz CT molecular complexity index is 418. The van der Waals surface area contributed by atoms with Crippen molar-refractivity contribution in [1.82, 2.24) is 19.7 Å². The van der Waals surface area contributed by atoms with Crippen molar-refractivity contribution in [1.29, 1.82) is 0 Å². The molecular formula is C9H12N4O. The predicted octanol–water partition coefficient (Wildman–Crippen LogP) is 0.957. The molecule has 1 N–H and O–H groups in total. The lowest BCUT2D eigenvalue weighted by Crippen LogP contribution is -1.92. The van der Waals surface area contributed by atoms with Gasteiger partial charge in [0.15, 0.2) is 11.6 Å². The highest BCUT2D eigenvalue weighted by Crippen LogP contribution is 2.13. The number of rotatable bonds is 3. The molecule has 0 aliphatic heterocycles. The van der Waals surface area contributed by atoms with Gasteiger partial charge in [0.25, 0.3) is 0 Å². The highest BCUT2D eigenvalue weighted by molar-refractivity contribution is 5.49. The third-order valence-corrected chi connectivity index (χ3v) is 1.99. The fourth-order valence-electron chi connectivity index (χ4n) is 1.30. The summed E-state index contributed by atoms with van der Waals surface area (Å²) in [5.41, 5.74) is 0.989. The van der Waals surface area contributed by atoms with Crippen molar-refractivity contribution in [2.24, 2.45) is 7.05 Å². The molecule has 0 saturated carbocycles. The fraction of sp³-hybridized carbons (Fsp3) is 0.333. The highest BCUT2D eigenvalue weighted by atomic mass is 16.5. The van der Waals surface area contributed by atoms with Crippen LogP contribution in [0.1, 0.15) is 5.82 Å². The molecule has 0 fully saturated rings. The summed E-state index contributed by atoms with van der Waals surface area (Å²) in [6.45, 7) is 0.456. The number of aromatic amines is 1. The van der Waals surface area contributed by atoms with E-state index in [0.29, 0.717) is 12.4 Å². The lowest BCUT2D eigenvalue weighted by Gasteiger charge is -1.95. The van der Waals surface area contributed by atoms with Gasteiger partial charge in [-0.15, -0.1) is 0 Å². The van der Waals surface area contributed by atoms with E-state index < -0.39 is 0 Å². The van der Waals surface area contributed by atoms with Crippen molar-refractivity contribution < 1.29 is 4.74 Å². The number of ether oxygens (including phenoxy) is 1. The van der Waals surface area contributed by atoms with E-state index in [1.165, 1.54) is 0 Å². The van der Waals surface area contributed by atoms with Crippen LogP contribution in [0.5, 0.6) is 0 Å². The van der Waals surface area contributed by atoms with Crippen LogP contribution in [-0.4, -0.2) is 26.9 Å². The number of nitrogens with zero attached hydrogens (tertiary/aromatic N) is 3. The number of hydrogen-bond donors (Lipinski definition) is 1. The third-order valence-electron chi connectivity index (χ3n) is 1.99. The Morgan fingerprint density at radius 1 is 1.57 bits per heavy atom. The Kier molecular flexibility index (Phi) is 2.32. The summed E-state index contributed by atoms with van der Waals surface area (Å²) in [5.74, 6) is 1.44. The van der Waals surface area contributed by atoms with Gasteiger partial charge < -0.3 is 9.30 Å². The predicted molar refractivity (Wildman–Crippen MR) is 51.5 cm³/mol. The summed E-state index contributed by atoms with van der Waals surface area (Å²) < 4.78 is 6.92. The summed E-state index contributed by atoms with van der Waals surface area (Å²) >= 11 is 0. The van der Waals surface area contributed by atoms with Crippen LogP contribution in [-0.2, 0) is 18.4 Å². The molecule has 0 aliphatic carbocycles. The minimum Gasteiger partial charge on any atom is -0.377 e. The molecule has 0 unspecified atom stereocenters. The number of hydrogen-bond acceptors (Lipinski definition) is 3. The number of methoxy groups -OCH3 is 1. The summed E-state index contributed by atoms with van der Waals surface area (Å²) in [5, 5.41) is 6.92. The SMILES string of the molecule is COCc1nc(-c2cccn2C)n[nH]1. The molecular weight excluding hydrogens is 180 g/mol. The molecule has 14 heavy (non-hydrogen) atoms. The maximum atomic E-state index is 4.95. The summed E-state index contributed by atoms with van der Waals surface area (Å²) in [7, 11) is 3.59. The number of H-pyrrole nitrogens is 1. The number of aryl methyl sites for hydroxylation is 1. The monoisotopic (exact) mass is 192 g/mol. The van der Waals surface area contributed by atoms with Crippen molar-refractivity contribution in [3.63, 3.8) is 0 Å². The maximum absolute atomic E-state index is 4.95. The van der Waals surface area contributed by atoms with E-state index in [0.717, 1.165) is 11.5 Å². The molecule has 0 spiro atoms. The van der Waals surface area contributed by atoms with Gasteiger partial charge in [-0.05, 0) is 12.1 Å². The quantitative estimate of drug-likeness (QED) is 0.787. The molecule has 2 rings (SSSR count). The minimum atomic E-state index is 0.456. The normalized spacial score (nSPS) is 10.7. The Morgan fingerprint density at radius 2 is 2.43 bits per heavy atom. The van der Waals surface area contributed by atoms with Gasteiger partial charge >= 0.3 is 0 Å². The maximum Gasteiger partial charge on any atom is 0.197 e. The van der Waals surface area contributed by atoms with E-state index in [2.05, 4.69) is 15.2 Å². The zero-order valence-corrected chi connectivity index (χ0v) is 8.19. The number of nitrogens with one attached hydrogen (secondary N) is 1. The van der Waals surface area contributed by atoms with E-state index in [1.807, 2.05) is 29.9 Å². The Morgan fingerprint density at radius 3 is 3.07 bits per heavy atom. The first-order valence-corrected chi connectivity index (χ1v) is 4.33. The van der Waals surface area contributed by atoms with Crippen molar-refractivity contribution >= 4 is 0 Å². The summed E-state index contributed by atoms with van der Waals surface area (Å²) in [4.78, 5) is 4.29. The number of aromatic nitrogens is 4. The first-order valence-electron chi connectivity index (χ1n) is 4.33. The topological polar surface area (TPSA) is 55.7 Å². The summed E-state index contributed by atoms with van der Waals surface area (Å²) in [6, 6.07) is 3.93. The van der Waals surface area contributed by atoms with E-state index in [4.69, 9.17) is 4.74 Å². The lowest BCUT2D eigenvalue weighted by molar-refractivity contribution is 0.178. The van der Waals surface area contributed by atoms with Gasteiger partial charge in [0.2, 0.25) is 0 Å². The van der Waals surface area contributed by atoms with Crippen molar-refractivity contribution in [3.05, 3.63) is 24.2 Å². The van der Waals surface area contributed by atoms with Crippen molar-refractivity contribution in [3.8, 4) is 11.5 Å². The fourth-order valence-corrected chi connectivity index (χ4v) is 1.30. The van der Waals surface area contributed by atoms with Crippen LogP contribution < -0.4 is 0 Å². The molecule has 0 saturated heterocycles. The lowest BCUT2D eigenvalue weighted by atomic mass is 10.4. The van der Waals surface area contributed by atoms with Gasteiger partial charge in [-0.3, -0.25) is 5.10 Å². The molecule has 2 aromatic heterocycles. The molecule has 0 radical (unpaired) electrons. The first kappa shape index (κ1) is 8.96. The molecule has 74 valence electrons. The van der Waals surface area contributed by atoms with E-state index in [-0.39, 0.29) is 0 Å². The van der Waals surface area contributed by atoms with Crippen LogP contribution in [0.4, 0.5) is 0 Å². The Balaban J connectivity index is 2.29.